The third-order valence-corrected chi connectivity index (χ3v) is 9.65. The standard InChI is InChI=1S/C22H30N2O7S/c1-21(2)14-11-12-22(21,16(13-14)29-3)19(25)23-17(30-4)18(31-5)24(20(23)26)32(27,28)15-9-7-6-8-10-15/h6-10,14,16-18H,11-13H2,1-5H3/t14-,16+,17-,18-,22+/m1/s1. The van der Waals surface area contributed by atoms with Crippen LogP contribution in [0.15, 0.2) is 35.2 Å². The molecule has 2 bridgehead atoms. The van der Waals surface area contributed by atoms with Gasteiger partial charge in [-0.2, -0.15) is 4.31 Å². The second-order valence-electron chi connectivity index (χ2n) is 9.21. The first-order valence-corrected chi connectivity index (χ1v) is 12.1. The average molecular weight is 467 g/mol. The van der Waals surface area contributed by atoms with Crippen LogP contribution < -0.4 is 0 Å². The minimum atomic E-state index is -4.29. The van der Waals surface area contributed by atoms with Crippen molar-refractivity contribution in [3.8, 4) is 0 Å². The van der Waals surface area contributed by atoms with Gasteiger partial charge in [-0.3, -0.25) is 4.79 Å². The van der Waals surface area contributed by atoms with Gasteiger partial charge in [0.15, 0.2) is 12.5 Å². The molecule has 2 saturated carbocycles. The van der Waals surface area contributed by atoms with Crippen molar-refractivity contribution in [3.63, 3.8) is 0 Å². The Morgan fingerprint density at radius 1 is 1.03 bits per heavy atom. The fraction of sp³-hybridized carbons (Fsp3) is 0.636. The monoisotopic (exact) mass is 466 g/mol. The molecule has 32 heavy (non-hydrogen) atoms. The molecule has 1 heterocycles. The molecule has 0 spiro atoms. The Morgan fingerprint density at radius 3 is 2.19 bits per heavy atom. The van der Waals surface area contributed by atoms with Crippen LogP contribution in [-0.2, 0) is 29.0 Å². The molecule has 9 nitrogen and oxygen atoms in total. The normalized spacial score (nSPS) is 33.8. The van der Waals surface area contributed by atoms with Crippen molar-refractivity contribution >= 4 is 22.0 Å². The van der Waals surface area contributed by atoms with Crippen LogP contribution in [0.3, 0.4) is 0 Å². The summed E-state index contributed by atoms with van der Waals surface area (Å²) in [7, 11) is -0.113. The SMILES string of the molecule is CO[C@@H]1[C@@H](OC)N(S(=O)(=O)c2ccccc2)C(=O)N1C(=O)[C@]12CC[C@H](C[C@@H]1OC)C2(C)C. The van der Waals surface area contributed by atoms with E-state index in [4.69, 9.17) is 14.2 Å². The van der Waals surface area contributed by atoms with Crippen LogP contribution in [-0.4, -0.2) is 69.5 Å². The highest BCUT2D eigenvalue weighted by Gasteiger charge is 2.71. The number of urea groups is 1. The summed E-state index contributed by atoms with van der Waals surface area (Å²) in [4.78, 5) is 28.6. The molecule has 1 saturated heterocycles. The maximum absolute atomic E-state index is 14.1. The van der Waals surface area contributed by atoms with E-state index >= 15 is 0 Å². The second kappa shape index (κ2) is 7.79. The maximum Gasteiger partial charge on any atom is 0.345 e. The third-order valence-electron chi connectivity index (χ3n) is 7.90. The number of ether oxygens (including phenoxy) is 3. The molecule has 10 heteroatoms. The van der Waals surface area contributed by atoms with E-state index in [1.165, 1.54) is 26.4 Å². The van der Waals surface area contributed by atoms with Gasteiger partial charge in [0, 0.05) is 21.3 Å². The van der Waals surface area contributed by atoms with E-state index in [-0.39, 0.29) is 16.9 Å². The topological polar surface area (TPSA) is 102 Å². The van der Waals surface area contributed by atoms with E-state index in [0.29, 0.717) is 17.1 Å². The number of sulfonamides is 1. The summed E-state index contributed by atoms with van der Waals surface area (Å²) in [5.41, 5.74) is -1.37. The summed E-state index contributed by atoms with van der Waals surface area (Å²) in [6.07, 6.45) is -0.783. The van der Waals surface area contributed by atoms with Crippen LogP contribution >= 0.6 is 0 Å². The number of amides is 3. The lowest BCUT2D eigenvalue weighted by Gasteiger charge is -2.42. The molecule has 0 unspecified atom stereocenters. The van der Waals surface area contributed by atoms with E-state index in [0.717, 1.165) is 11.3 Å². The number of hydrogen-bond acceptors (Lipinski definition) is 7. The smallest absolute Gasteiger partial charge is 0.345 e. The zero-order chi connectivity index (χ0) is 23.5. The van der Waals surface area contributed by atoms with Crippen LogP contribution in [0.1, 0.15) is 33.1 Å². The predicted octanol–water partition coefficient (Wildman–Crippen LogP) is 2.43. The van der Waals surface area contributed by atoms with Crippen molar-refractivity contribution in [2.75, 3.05) is 21.3 Å². The number of methoxy groups -OCH3 is 3. The van der Waals surface area contributed by atoms with Crippen LogP contribution in [0, 0.1) is 16.7 Å². The van der Waals surface area contributed by atoms with Crippen LogP contribution in [0.2, 0.25) is 0 Å². The molecule has 0 radical (unpaired) electrons. The fourth-order valence-electron chi connectivity index (χ4n) is 6.08. The van der Waals surface area contributed by atoms with E-state index in [9.17, 15) is 18.0 Å². The molecule has 5 atom stereocenters. The van der Waals surface area contributed by atoms with Crippen LogP contribution in [0.5, 0.6) is 0 Å². The highest BCUT2D eigenvalue weighted by molar-refractivity contribution is 7.89. The molecule has 0 N–H and O–H groups in total. The molecular weight excluding hydrogens is 436 g/mol. The maximum atomic E-state index is 14.1. The summed E-state index contributed by atoms with van der Waals surface area (Å²) in [5.74, 6) is -0.198. The molecule has 2 aliphatic carbocycles. The molecule has 1 aromatic rings. The van der Waals surface area contributed by atoms with Crippen molar-refractivity contribution in [1.82, 2.24) is 9.21 Å². The number of imide groups is 1. The van der Waals surface area contributed by atoms with Crippen molar-refractivity contribution in [2.24, 2.45) is 16.7 Å². The van der Waals surface area contributed by atoms with Gasteiger partial charge in [-0.05, 0) is 42.7 Å². The molecule has 0 aromatic heterocycles. The lowest BCUT2D eigenvalue weighted by atomic mass is 9.67. The van der Waals surface area contributed by atoms with Crippen molar-refractivity contribution in [1.29, 1.82) is 0 Å². The molecule has 3 amide bonds. The highest BCUT2D eigenvalue weighted by Crippen LogP contribution is 2.67. The van der Waals surface area contributed by atoms with Gasteiger partial charge in [0.25, 0.3) is 10.0 Å². The molecule has 1 aromatic carbocycles. The molecular formula is C22H30N2O7S. The van der Waals surface area contributed by atoms with Gasteiger partial charge in [0.05, 0.1) is 16.4 Å². The molecule has 4 rings (SSSR count). The lowest BCUT2D eigenvalue weighted by molar-refractivity contribution is -0.167. The second-order valence-corrected chi connectivity index (χ2v) is 11.0. The van der Waals surface area contributed by atoms with Gasteiger partial charge in [-0.25, -0.2) is 18.1 Å². The fourth-order valence-corrected chi connectivity index (χ4v) is 7.56. The summed E-state index contributed by atoms with van der Waals surface area (Å²) in [6, 6.07) is 6.61. The first-order chi connectivity index (χ1) is 15.1. The number of rotatable bonds is 6. The van der Waals surface area contributed by atoms with Gasteiger partial charge in [-0.15, -0.1) is 0 Å². The Balaban J connectivity index is 1.80. The minimum Gasteiger partial charge on any atom is -0.380 e. The molecule has 176 valence electrons. The number of nitrogens with zero attached hydrogens (tertiary/aromatic N) is 2. The zero-order valence-corrected chi connectivity index (χ0v) is 19.8. The Bertz CT molecular complexity index is 1010. The quantitative estimate of drug-likeness (QED) is 0.634. The van der Waals surface area contributed by atoms with Gasteiger partial charge in [-0.1, -0.05) is 32.0 Å². The number of carbonyl (C=O) groups excluding carboxylic acids is 2. The van der Waals surface area contributed by atoms with Crippen molar-refractivity contribution < 1.29 is 32.2 Å². The highest BCUT2D eigenvalue weighted by atomic mass is 32.2. The van der Waals surface area contributed by atoms with Gasteiger partial charge < -0.3 is 14.2 Å². The average Bonchev–Trinajstić information content (AvgIpc) is 3.32. The number of hydrogen-bond donors (Lipinski definition) is 0. The van der Waals surface area contributed by atoms with E-state index < -0.39 is 45.2 Å². The Morgan fingerprint density at radius 2 is 1.66 bits per heavy atom. The summed E-state index contributed by atoms with van der Waals surface area (Å²) < 4.78 is 44.0. The van der Waals surface area contributed by atoms with E-state index in [1.54, 1.807) is 25.3 Å². The van der Waals surface area contributed by atoms with Crippen molar-refractivity contribution in [3.05, 3.63) is 30.3 Å². The Kier molecular flexibility index (Phi) is 5.64. The summed E-state index contributed by atoms with van der Waals surface area (Å²) >= 11 is 0. The van der Waals surface area contributed by atoms with Crippen molar-refractivity contribution in [2.45, 2.75) is 56.6 Å². The minimum absolute atomic E-state index is 0.0744. The van der Waals surface area contributed by atoms with Crippen LogP contribution in [0.25, 0.3) is 0 Å². The van der Waals surface area contributed by atoms with Crippen LogP contribution in [0.4, 0.5) is 4.79 Å². The third kappa shape index (κ3) is 2.82. The summed E-state index contributed by atoms with van der Waals surface area (Å²) in [6.45, 7) is 4.05. The van der Waals surface area contributed by atoms with E-state index in [1.807, 2.05) is 13.8 Å². The van der Waals surface area contributed by atoms with Gasteiger partial charge >= 0.3 is 6.03 Å². The zero-order valence-electron chi connectivity index (χ0n) is 19.0. The van der Waals surface area contributed by atoms with Gasteiger partial charge in [0.2, 0.25) is 5.91 Å². The summed E-state index contributed by atoms with van der Waals surface area (Å²) in [5, 5.41) is 0. The predicted molar refractivity (Wildman–Crippen MR) is 114 cm³/mol. The molecule has 3 fully saturated rings. The number of carbonyl (C=O) groups is 2. The Labute approximate surface area is 188 Å². The lowest BCUT2D eigenvalue weighted by Crippen LogP contribution is -2.56. The number of fused-ring (bicyclic) bond motifs is 2. The largest absolute Gasteiger partial charge is 0.380 e. The first-order valence-electron chi connectivity index (χ1n) is 10.6. The number of benzene rings is 1. The molecule has 3 aliphatic rings. The molecule has 1 aliphatic heterocycles. The van der Waals surface area contributed by atoms with Gasteiger partial charge in [0.1, 0.15) is 0 Å². The first kappa shape index (κ1) is 23.2. The van der Waals surface area contributed by atoms with E-state index in [2.05, 4.69) is 0 Å². The Hall–Kier alpha value is -2.01.